The van der Waals surface area contributed by atoms with Crippen molar-refractivity contribution in [3.63, 3.8) is 0 Å². The van der Waals surface area contributed by atoms with Crippen molar-refractivity contribution < 1.29 is 52.3 Å². The molecule has 1 fully saturated rings. The van der Waals surface area contributed by atoms with Crippen LogP contribution in [0.3, 0.4) is 0 Å². The highest BCUT2D eigenvalue weighted by atomic mass is 35.5. The number of amides is 2. The van der Waals surface area contributed by atoms with Gasteiger partial charge < -0.3 is 33.2 Å². The molecule has 4 heterocycles. The Morgan fingerprint density at radius 2 is 1.44 bits per heavy atom. The number of benzene rings is 2. The molecule has 0 bridgehead atoms. The van der Waals surface area contributed by atoms with E-state index in [4.69, 9.17) is 44.8 Å². The summed E-state index contributed by atoms with van der Waals surface area (Å²) in [5, 5.41) is 1.35. The molecule has 5 atom stereocenters. The summed E-state index contributed by atoms with van der Waals surface area (Å²) >= 11 is 7.81. The second-order valence-electron chi connectivity index (χ2n) is 18.2. The Balaban J connectivity index is 1.38. The molecule has 342 valence electrons. The SMILES string of the molecule is COC(=O)C(Cc1ccc(-c2ccccc2)cc1)(OC[C@H]1O[C@@H](n2cnc3c(N(C(=O)OC(C)(C)C)C(=O)OC(C)(C)C)nc(Cl)nc32)[C@H](OC(=O)OC(C)(C)C)[C@@H]1C)c1cscn1. The highest BCUT2D eigenvalue weighted by molar-refractivity contribution is 7.07. The summed E-state index contributed by atoms with van der Waals surface area (Å²) in [4.78, 5) is 73.0. The van der Waals surface area contributed by atoms with Crippen LogP contribution < -0.4 is 4.90 Å². The monoisotopic (exact) mass is 920 g/mol. The van der Waals surface area contributed by atoms with Crippen LogP contribution in [0.25, 0.3) is 22.3 Å². The number of carbonyl (C=O) groups excluding carboxylic acids is 4. The first-order valence-electron chi connectivity index (χ1n) is 20.5. The van der Waals surface area contributed by atoms with Gasteiger partial charge in [-0.3, -0.25) is 4.57 Å². The van der Waals surface area contributed by atoms with E-state index >= 15 is 0 Å². The van der Waals surface area contributed by atoms with Crippen molar-refractivity contribution in [1.82, 2.24) is 24.5 Å². The second-order valence-corrected chi connectivity index (χ2v) is 19.2. The molecule has 1 aliphatic rings. The number of methoxy groups -OCH3 is 1. The van der Waals surface area contributed by atoms with Gasteiger partial charge in [-0.1, -0.05) is 61.5 Å². The molecule has 0 radical (unpaired) electrons. The van der Waals surface area contributed by atoms with Gasteiger partial charge in [-0.25, -0.2) is 29.1 Å². The summed E-state index contributed by atoms with van der Waals surface area (Å²) in [5.74, 6) is -1.66. The number of rotatable bonds is 11. The Kier molecular flexibility index (Phi) is 14.0. The van der Waals surface area contributed by atoms with Gasteiger partial charge >= 0.3 is 24.3 Å². The van der Waals surface area contributed by atoms with Crippen LogP contribution in [0.4, 0.5) is 20.2 Å². The van der Waals surface area contributed by atoms with Crippen LogP contribution in [0.15, 0.2) is 71.8 Å². The lowest BCUT2D eigenvalue weighted by Crippen LogP contribution is -2.44. The fourth-order valence-electron chi connectivity index (χ4n) is 6.88. The maximum absolute atomic E-state index is 14.0. The smallest absolute Gasteiger partial charge is 0.467 e. The zero-order valence-electron chi connectivity index (χ0n) is 37.6. The highest BCUT2D eigenvalue weighted by Gasteiger charge is 2.51. The first-order chi connectivity index (χ1) is 30.0. The summed E-state index contributed by atoms with van der Waals surface area (Å²) in [6, 6.07) is 17.7. The zero-order valence-corrected chi connectivity index (χ0v) is 39.2. The van der Waals surface area contributed by atoms with Gasteiger partial charge in [0.05, 0.1) is 37.4 Å². The van der Waals surface area contributed by atoms with Crippen LogP contribution >= 0.6 is 22.9 Å². The number of aromatic nitrogens is 5. The lowest BCUT2D eigenvalue weighted by Gasteiger charge is -2.31. The first-order valence-corrected chi connectivity index (χ1v) is 21.8. The average Bonchev–Trinajstić information content (AvgIpc) is 3.95. The second kappa shape index (κ2) is 18.8. The standard InChI is InChI=1S/C45H53ClN6O11S/c1-26-30(22-58-45(37(53)57-11,31-23-64-25-48-31)21-27-17-19-29(20-18-27)28-15-13-12-14-16-28)59-36(33(26)60-41(56)63-44(8,9)10)51-24-47-32-34(51)49-38(46)50-35(32)52(39(54)61-42(2,3)4)40(55)62-43(5,6)7/h12-20,23-26,30,33,36H,21-22H2,1-11H3/t26-,30-,33-,36-,45?/m1/s1. The lowest BCUT2D eigenvalue weighted by molar-refractivity contribution is -0.179. The summed E-state index contributed by atoms with van der Waals surface area (Å²) < 4.78 is 42.9. The van der Waals surface area contributed by atoms with E-state index in [1.807, 2.05) is 54.6 Å². The van der Waals surface area contributed by atoms with Gasteiger partial charge in [-0.05, 0) is 90.6 Å². The van der Waals surface area contributed by atoms with E-state index < -0.39 is 71.1 Å². The third-order valence-electron chi connectivity index (χ3n) is 9.70. The number of ether oxygens (including phenoxy) is 7. The minimum absolute atomic E-state index is 0.00555. The minimum Gasteiger partial charge on any atom is -0.467 e. The van der Waals surface area contributed by atoms with Crippen LogP contribution in [0.2, 0.25) is 5.28 Å². The van der Waals surface area contributed by atoms with Gasteiger partial charge in [0.25, 0.3) is 0 Å². The molecule has 6 rings (SSSR count). The van der Waals surface area contributed by atoms with Crippen LogP contribution in [-0.4, -0.2) is 91.5 Å². The predicted octanol–water partition coefficient (Wildman–Crippen LogP) is 9.46. The van der Waals surface area contributed by atoms with Crippen LogP contribution in [0.1, 0.15) is 86.7 Å². The van der Waals surface area contributed by atoms with Crippen molar-refractivity contribution in [2.45, 2.75) is 116 Å². The topological polar surface area (TPSA) is 193 Å². The summed E-state index contributed by atoms with van der Waals surface area (Å²) in [6.45, 7) is 16.5. The molecule has 0 N–H and O–H groups in total. The number of nitrogens with zero attached hydrogens (tertiary/aromatic N) is 6. The van der Waals surface area contributed by atoms with E-state index in [1.54, 1.807) is 80.1 Å². The minimum atomic E-state index is -1.73. The van der Waals surface area contributed by atoms with Crippen LogP contribution in [-0.2, 0) is 50.0 Å². The molecule has 64 heavy (non-hydrogen) atoms. The molecule has 0 saturated carbocycles. The van der Waals surface area contributed by atoms with Crippen molar-refractivity contribution in [2.75, 3.05) is 18.6 Å². The number of hydrogen-bond donors (Lipinski definition) is 0. The van der Waals surface area contributed by atoms with Crippen LogP contribution in [0.5, 0.6) is 0 Å². The largest absolute Gasteiger partial charge is 0.509 e. The Morgan fingerprint density at radius 3 is 2.00 bits per heavy atom. The third-order valence-corrected chi connectivity index (χ3v) is 10.5. The van der Waals surface area contributed by atoms with E-state index in [1.165, 1.54) is 29.3 Å². The van der Waals surface area contributed by atoms with E-state index in [2.05, 4.69) is 19.9 Å². The molecule has 5 aromatic rings. The predicted molar refractivity (Wildman–Crippen MR) is 237 cm³/mol. The van der Waals surface area contributed by atoms with Crippen molar-refractivity contribution in [3.8, 4) is 11.1 Å². The molecule has 1 aliphatic heterocycles. The van der Waals surface area contributed by atoms with E-state index in [-0.39, 0.29) is 35.3 Å². The molecule has 1 unspecified atom stereocenters. The Labute approximate surface area is 380 Å². The van der Waals surface area contributed by atoms with Crippen molar-refractivity contribution >= 4 is 64.2 Å². The number of anilines is 1. The third kappa shape index (κ3) is 11.1. The summed E-state index contributed by atoms with van der Waals surface area (Å²) in [7, 11) is 1.28. The molecule has 0 aliphatic carbocycles. The lowest BCUT2D eigenvalue weighted by atomic mass is 9.90. The molecule has 2 aromatic carbocycles. The molecular formula is C45H53ClN6O11S. The van der Waals surface area contributed by atoms with Crippen molar-refractivity contribution in [1.29, 1.82) is 0 Å². The Hall–Kier alpha value is -5.69. The normalized spacial score (nSPS) is 18.8. The Morgan fingerprint density at radius 1 is 0.828 bits per heavy atom. The highest BCUT2D eigenvalue weighted by Crippen LogP contribution is 2.41. The number of imidazole rings is 1. The number of esters is 1. The fourth-order valence-corrected chi connectivity index (χ4v) is 7.66. The zero-order chi connectivity index (χ0) is 46.8. The Bertz CT molecular complexity index is 2420. The van der Waals surface area contributed by atoms with Gasteiger partial charge in [0.15, 0.2) is 29.3 Å². The molecule has 2 amide bonds. The van der Waals surface area contributed by atoms with Crippen molar-refractivity contribution in [3.05, 3.63) is 88.4 Å². The van der Waals surface area contributed by atoms with Gasteiger partial charge in [-0.15, -0.1) is 11.3 Å². The number of imide groups is 1. The molecule has 19 heteroatoms. The molecular weight excluding hydrogens is 868 g/mol. The van der Waals surface area contributed by atoms with E-state index in [0.717, 1.165) is 16.7 Å². The average molecular weight is 921 g/mol. The molecule has 3 aromatic heterocycles. The van der Waals surface area contributed by atoms with Crippen molar-refractivity contribution in [2.24, 2.45) is 5.92 Å². The fraction of sp³-hybridized carbons (Fsp3) is 0.467. The molecule has 17 nitrogen and oxygen atoms in total. The maximum Gasteiger partial charge on any atom is 0.509 e. The van der Waals surface area contributed by atoms with E-state index in [0.29, 0.717) is 10.6 Å². The molecule has 0 spiro atoms. The van der Waals surface area contributed by atoms with Gasteiger partial charge in [0.2, 0.25) is 10.9 Å². The summed E-state index contributed by atoms with van der Waals surface area (Å²) in [6.07, 6.45) is -4.97. The van der Waals surface area contributed by atoms with Gasteiger partial charge in [-0.2, -0.15) is 14.9 Å². The number of hydrogen-bond acceptors (Lipinski definition) is 16. The van der Waals surface area contributed by atoms with Gasteiger partial charge in [0.1, 0.15) is 16.8 Å². The number of thiazole rings is 1. The quantitative estimate of drug-likeness (QED) is 0.0690. The molecule has 1 saturated heterocycles. The van der Waals surface area contributed by atoms with Crippen LogP contribution in [0, 0.1) is 5.92 Å². The number of halogens is 1. The number of fused-ring (bicyclic) bond motifs is 1. The summed E-state index contributed by atoms with van der Waals surface area (Å²) in [5.41, 5.74) is -0.0325. The first kappa shape index (κ1) is 47.8. The maximum atomic E-state index is 14.0. The van der Waals surface area contributed by atoms with E-state index in [9.17, 15) is 19.2 Å². The number of carbonyl (C=O) groups is 4. The van der Waals surface area contributed by atoms with Gasteiger partial charge in [0, 0.05) is 17.7 Å².